The minimum absolute atomic E-state index is 0.0151. The Labute approximate surface area is 373 Å². The largest absolute Gasteiger partial charge is 0.518 e. The Morgan fingerprint density at radius 1 is 0.968 bits per heavy atom. The summed E-state index contributed by atoms with van der Waals surface area (Å²) < 4.78 is 91.5. The number of fused-ring (bicyclic) bond motifs is 7. The van der Waals surface area contributed by atoms with Crippen molar-refractivity contribution >= 4 is 95.1 Å². The minimum atomic E-state index is -5.98. The maximum atomic E-state index is 16.6. The zero-order valence-corrected chi connectivity index (χ0v) is 40.1. The van der Waals surface area contributed by atoms with E-state index in [4.69, 9.17) is 19.7 Å². The van der Waals surface area contributed by atoms with Gasteiger partial charge in [-0.15, -0.1) is 21.0 Å². The quantitative estimate of drug-likeness (QED) is 0.0502. The second-order valence-electron chi connectivity index (χ2n) is 18.3. The van der Waals surface area contributed by atoms with Crippen LogP contribution >= 0.6 is 23.1 Å². The van der Waals surface area contributed by atoms with Crippen molar-refractivity contribution in [3.8, 4) is 22.7 Å². The van der Waals surface area contributed by atoms with Crippen LogP contribution in [0.4, 0.5) is 28.2 Å². The molecular formula is C44H49F4N7O4S3Si. The van der Waals surface area contributed by atoms with E-state index in [1.807, 2.05) is 38.0 Å². The van der Waals surface area contributed by atoms with E-state index in [9.17, 15) is 26.4 Å². The van der Waals surface area contributed by atoms with E-state index in [2.05, 4.69) is 63.0 Å². The standard InChI is InChI=1S/C44H49F4N7O4S3Si/c1-23(2)63(24(3)4,25(5)6)18-16-29-32(45)14-11-26-19-33-31(20-50-55(33)62(57,58)44(46,47)48)35(34(26)29)37-38-30(15-17-49-37)36-39(51-41(60-10)52-40(36)61-38)53-21-27-12-13-28(22-53)54(27)42(56)59-43(7,8)9/h11,14-15,17,19-20,23-25,27-28H,12-13,21-22H2,1-10H3. The summed E-state index contributed by atoms with van der Waals surface area (Å²) in [5.41, 5.74) is -1.90. The monoisotopic (exact) mass is 939 g/mol. The lowest BCUT2D eigenvalue weighted by Gasteiger charge is -2.42. The Bertz CT molecular complexity index is 2970. The molecule has 1 amide bonds. The summed E-state index contributed by atoms with van der Waals surface area (Å²) in [6.45, 7) is 19.4. The van der Waals surface area contributed by atoms with Gasteiger partial charge in [0, 0.05) is 41.0 Å². The van der Waals surface area contributed by atoms with Crippen molar-refractivity contribution in [2.75, 3.05) is 24.2 Å². The molecule has 0 spiro atoms. The van der Waals surface area contributed by atoms with Crippen LogP contribution in [0.2, 0.25) is 16.6 Å². The molecule has 2 bridgehead atoms. The molecule has 4 aromatic heterocycles. The van der Waals surface area contributed by atoms with Crippen LogP contribution < -0.4 is 4.90 Å². The Hall–Kier alpha value is -4.51. The fourth-order valence-electron chi connectivity index (χ4n) is 9.94. The molecule has 2 atom stereocenters. The van der Waals surface area contributed by atoms with E-state index in [1.54, 1.807) is 6.20 Å². The van der Waals surface area contributed by atoms with Crippen molar-refractivity contribution in [3.05, 3.63) is 48.0 Å². The molecule has 8 rings (SSSR count). The molecule has 2 unspecified atom stereocenters. The third kappa shape index (κ3) is 7.42. The molecule has 11 nitrogen and oxygen atoms in total. The number of nitrogens with zero attached hydrogens (tertiary/aromatic N) is 7. The van der Waals surface area contributed by atoms with Gasteiger partial charge in [-0.3, -0.25) is 9.88 Å². The van der Waals surface area contributed by atoms with Gasteiger partial charge in [0.05, 0.1) is 45.1 Å². The number of piperazine rings is 1. The van der Waals surface area contributed by atoms with Crippen LogP contribution in [0, 0.1) is 17.3 Å². The fourth-order valence-corrected chi connectivity index (χ4v) is 17.5. The highest BCUT2D eigenvalue weighted by molar-refractivity contribution is 7.98. The average Bonchev–Trinajstić information content (AvgIpc) is 3.87. The molecule has 334 valence electrons. The molecule has 0 radical (unpaired) electrons. The predicted octanol–water partition coefficient (Wildman–Crippen LogP) is 11.1. The number of pyridine rings is 1. The van der Waals surface area contributed by atoms with Crippen LogP contribution in [-0.2, 0) is 14.8 Å². The Balaban J connectivity index is 1.41. The number of alkyl halides is 3. The Morgan fingerprint density at radius 2 is 1.62 bits per heavy atom. The van der Waals surface area contributed by atoms with Gasteiger partial charge < -0.3 is 9.64 Å². The van der Waals surface area contributed by atoms with Crippen LogP contribution in [0.25, 0.3) is 53.2 Å². The molecule has 0 N–H and O–H groups in total. The molecular weight excluding hydrogens is 891 g/mol. The predicted molar refractivity (Wildman–Crippen MR) is 246 cm³/mol. The first-order valence-electron chi connectivity index (χ1n) is 20.9. The summed E-state index contributed by atoms with van der Waals surface area (Å²) in [7, 11) is -8.43. The number of anilines is 1. The molecule has 0 aliphatic carbocycles. The van der Waals surface area contributed by atoms with E-state index in [0.29, 0.717) is 39.0 Å². The number of hydrogen-bond acceptors (Lipinski definition) is 11. The molecule has 2 fully saturated rings. The summed E-state index contributed by atoms with van der Waals surface area (Å²) in [5.74, 6) is 3.30. The zero-order valence-electron chi connectivity index (χ0n) is 36.7. The van der Waals surface area contributed by atoms with Crippen molar-refractivity contribution in [2.24, 2.45) is 0 Å². The van der Waals surface area contributed by atoms with Crippen LogP contribution in [0.1, 0.15) is 80.7 Å². The third-order valence-electron chi connectivity index (χ3n) is 12.6. The van der Waals surface area contributed by atoms with E-state index in [1.165, 1.54) is 41.3 Å². The first kappa shape index (κ1) is 45.1. The number of carbonyl (C=O) groups excluding carboxylic acids is 1. The van der Waals surface area contributed by atoms with E-state index in [0.717, 1.165) is 24.4 Å². The number of aromatic nitrogens is 5. The molecule has 2 aliphatic rings. The van der Waals surface area contributed by atoms with Gasteiger partial charge in [0.1, 0.15) is 30.1 Å². The van der Waals surface area contributed by atoms with Crippen LogP contribution in [-0.4, -0.2) is 94.2 Å². The Kier molecular flexibility index (Phi) is 11.4. The molecule has 2 aliphatic heterocycles. The second kappa shape index (κ2) is 15.9. The highest BCUT2D eigenvalue weighted by Gasteiger charge is 2.49. The van der Waals surface area contributed by atoms with Crippen molar-refractivity contribution in [3.63, 3.8) is 0 Å². The van der Waals surface area contributed by atoms with Gasteiger partial charge in [0.15, 0.2) is 5.16 Å². The zero-order chi connectivity index (χ0) is 45.7. The number of thioether (sulfide) groups is 1. The maximum Gasteiger partial charge on any atom is 0.518 e. The Morgan fingerprint density at radius 3 is 2.21 bits per heavy atom. The number of halogens is 4. The van der Waals surface area contributed by atoms with Gasteiger partial charge in [0.25, 0.3) is 0 Å². The molecule has 6 aromatic rings. The minimum Gasteiger partial charge on any atom is -0.444 e. The van der Waals surface area contributed by atoms with E-state index < -0.39 is 35.0 Å². The molecule has 0 saturated carbocycles. The van der Waals surface area contributed by atoms with Gasteiger partial charge in [0.2, 0.25) is 0 Å². The fraction of sp³-hybridized carbons (Fsp3) is 0.477. The maximum absolute atomic E-state index is 16.6. The van der Waals surface area contributed by atoms with Crippen molar-refractivity contribution in [2.45, 2.75) is 120 Å². The molecule has 2 saturated heterocycles. The van der Waals surface area contributed by atoms with Gasteiger partial charge in [-0.2, -0.15) is 26.7 Å². The normalized spacial score (nSPS) is 17.6. The second-order valence-corrected chi connectivity index (χ2v) is 27.4. The van der Waals surface area contributed by atoms with Crippen molar-refractivity contribution in [1.29, 1.82) is 0 Å². The van der Waals surface area contributed by atoms with Gasteiger partial charge in [-0.05, 0) is 80.1 Å². The highest BCUT2D eigenvalue weighted by atomic mass is 32.2. The summed E-state index contributed by atoms with van der Waals surface area (Å²) in [6, 6.07) is 5.50. The summed E-state index contributed by atoms with van der Waals surface area (Å²) in [5, 5.41) is 6.31. The lowest BCUT2D eigenvalue weighted by atomic mass is 9.93. The summed E-state index contributed by atoms with van der Waals surface area (Å²) >= 11 is 2.68. The topological polar surface area (TPSA) is 123 Å². The number of carbonyl (C=O) groups is 1. The van der Waals surface area contributed by atoms with E-state index in [-0.39, 0.29) is 77.4 Å². The number of hydrogen-bond donors (Lipinski definition) is 0. The average molecular weight is 940 g/mol. The summed E-state index contributed by atoms with van der Waals surface area (Å²) in [6.07, 6.45) is 5.77. The highest BCUT2D eigenvalue weighted by Crippen LogP contribution is 2.48. The van der Waals surface area contributed by atoms with Crippen molar-refractivity contribution < 1.29 is 35.5 Å². The van der Waals surface area contributed by atoms with Gasteiger partial charge >= 0.3 is 21.6 Å². The molecule has 2 aromatic carbocycles. The molecule has 63 heavy (non-hydrogen) atoms. The van der Waals surface area contributed by atoms with Crippen LogP contribution in [0.15, 0.2) is 41.8 Å². The summed E-state index contributed by atoms with van der Waals surface area (Å²) in [4.78, 5) is 32.8. The van der Waals surface area contributed by atoms with Crippen molar-refractivity contribution in [1.82, 2.24) is 29.0 Å². The SMILES string of the molecule is CSc1nc(N2CC3CCC(C2)N3C(=O)OC(C)(C)C)c2c(n1)sc1c(-c3c4cnn(S(=O)(=O)C(F)(F)F)c4cc4ccc(F)c(C#C[Si](C(C)C)(C(C)C)C(C)C)c34)nccc12. The third-order valence-corrected chi connectivity index (χ3v) is 21.9. The molecule has 19 heteroatoms. The number of amides is 1. The number of ether oxygens (including phenoxy) is 1. The van der Waals surface area contributed by atoms with Crippen LogP contribution in [0.3, 0.4) is 0 Å². The lowest BCUT2D eigenvalue weighted by molar-refractivity contribution is -0.0448. The number of thiophene rings is 1. The number of benzene rings is 2. The molecule has 6 heterocycles. The van der Waals surface area contributed by atoms with E-state index >= 15 is 4.39 Å². The first-order valence-corrected chi connectivity index (χ1v) is 26.6. The van der Waals surface area contributed by atoms with Gasteiger partial charge in [-0.1, -0.05) is 65.3 Å². The van der Waals surface area contributed by atoms with Gasteiger partial charge in [-0.25, -0.2) is 19.2 Å². The lowest BCUT2D eigenvalue weighted by Crippen LogP contribution is -2.57. The number of rotatable bonds is 7. The first-order chi connectivity index (χ1) is 29.5. The van der Waals surface area contributed by atoms with Crippen LogP contribution in [0.5, 0.6) is 0 Å². The smallest absolute Gasteiger partial charge is 0.444 e.